The van der Waals surface area contributed by atoms with Gasteiger partial charge in [0.1, 0.15) is 24.1 Å². The van der Waals surface area contributed by atoms with Gasteiger partial charge >= 0.3 is 0 Å². The molecule has 0 aliphatic carbocycles. The van der Waals surface area contributed by atoms with E-state index in [1.54, 1.807) is 61.7 Å². The zero-order chi connectivity index (χ0) is 31.7. The fraction of sp³-hybridized carbons (Fsp3) is 0.235. The summed E-state index contributed by atoms with van der Waals surface area (Å²) < 4.78 is 40.3. The van der Waals surface area contributed by atoms with Crippen LogP contribution in [-0.2, 0) is 32.6 Å². The van der Waals surface area contributed by atoms with Crippen molar-refractivity contribution in [3.8, 4) is 11.5 Å². The monoisotopic (exact) mass is 615 g/mol. The van der Waals surface area contributed by atoms with Crippen molar-refractivity contribution in [2.45, 2.75) is 30.8 Å². The van der Waals surface area contributed by atoms with E-state index >= 15 is 0 Å². The Labute approximate surface area is 259 Å². The smallest absolute Gasteiger partial charge is 0.264 e. The predicted molar refractivity (Wildman–Crippen MR) is 170 cm³/mol. The first-order valence-electron chi connectivity index (χ1n) is 14.1. The molecule has 1 N–H and O–H groups in total. The minimum atomic E-state index is -4.24. The summed E-state index contributed by atoms with van der Waals surface area (Å²) in [7, 11) is 0.257. The van der Waals surface area contributed by atoms with Crippen LogP contribution in [0.25, 0.3) is 0 Å². The van der Waals surface area contributed by atoms with E-state index < -0.39 is 28.5 Å². The summed E-state index contributed by atoms with van der Waals surface area (Å²) in [6.45, 7) is 1.31. The van der Waals surface area contributed by atoms with Crippen LogP contribution < -0.4 is 19.1 Å². The van der Waals surface area contributed by atoms with E-state index in [4.69, 9.17) is 9.47 Å². The van der Waals surface area contributed by atoms with Crippen LogP contribution in [0, 0.1) is 6.92 Å². The fourth-order valence-corrected chi connectivity index (χ4v) is 6.30. The normalized spacial score (nSPS) is 11.7. The van der Waals surface area contributed by atoms with E-state index in [1.807, 2.05) is 43.3 Å². The van der Waals surface area contributed by atoms with Gasteiger partial charge in [-0.2, -0.15) is 0 Å². The molecule has 230 valence electrons. The predicted octanol–water partition coefficient (Wildman–Crippen LogP) is 4.59. The van der Waals surface area contributed by atoms with E-state index in [1.165, 1.54) is 31.2 Å². The van der Waals surface area contributed by atoms with Gasteiger partial charge in [-0.25, -0.2) is 8.42 Å². The Balaban J connectivity index is 1.82. The SMILES string of the molecule is CNC(=O)[C@@H](Cc1ccccc1)N(Cc1cccc(OC)c1)C(=O)CN(c1ccccc1OC)S(=O)(=O)c1ccc(C)cc1. The highest BCUT2D eigenvalue weighted by Crippen LogP contribution is 2.33. The highest BCUT2D eigenvalue weighted by Gasteiger charge is 2.35. The molecule has 44 heavy (non-hydrogen) atoms. The summed E-state index contributed by atoms with van der Waals surface area (Å²) in [5.41, 5.74) is 2.65. The summed E-state index contributed by atoms with van der Waals surface area (Å²) in [4.78, 5) is 29.3. The second-order valence-electron chi connectivity index (χ2n) is 10.2. The van der Waals surface area contributed by atoms with Crippen LogP contribution >= 0.6 is 0 Å². The van der Waals surface area contributed by atoms with E-state index in [0.717, 1.165) is 15.4 Å². The first-order valence-corrected chi connectivity index (χ1v) is 15.5. The molecule has 0 fully saturated rings. The third-order valence-corrected chi connectivity index (χ3v) is 9.02. The lowest BCUT2D eigenvalue weighted by Crippen LogP contribution is -2.53. The summed E-state index contributed by atoms with van der Waals surface area (Å²) >= 11 is 0. The van der Waals surface area contributed by atoms with Crippen LogP contribution in [0.5, 0.6) is 11.5 Å². The Kier molecular flexibility index (Phi) is 10.6. The second-order valence-corrected chi connectivity index (χ2v) is 12.1. The number of benzene rings is 4. The van der Waals surface area contributed by atoms with Gasteiger partial charge in [0.05, 0.1) is 24.8 Å². The van der Waals surface area contributed by atoms with E-state index in [-0.39, 0.29) is 35.2 Å². The number of sulfonamides is 1. The maximum Gasteiger partial charge on any atom is 0.264 e. The number of ether oxygens (including phenoxy) is 2. The molecule has 0 unspecified atom stereocenters. The zero-order valence-electron chi connectivity index (χ0n) is 25.3. The number of aryl methyl sites for hydroxylation is 1. The molecule has 0 saturated heterocycles. The van der Waals surface area contributed by atoms with Crippen molar-refractivity contribution in [1.82, 2.24) is 10.2 Å². The topological polar surface area (TPSA) is 105 Å². The third kappa shape index (κ3) is 7.57. The lowest BCUT2D eigenvalue weighted by atomic mass is 10.0. The molecule has 0 spiro atoms. The number of hydrogen-bond acceptors (Lipinski definition) is 6. The maximum absolute atomic E-state index is 14.4. The second kappa shape index (κ2) is 14.6. The van der Waals surface area contributed by atoms with Gasteiger partial charge in [-0.1, -0.05) is 72.3 Å². The summed E-state index contributed by atoms with van der Waals surface area (Å²) in [6, 6.07) is 28.6. The van der Waals surface area contributed by atoms with Crippen LogP contribution in [0.2, 0.25) is 0 Å². The van der Waals surface area contributed by atoms with Crippen LogP contribution in [0.1, 0.15) is 16.7 Å². The standard InChI is InChI=1S/C34H37N3O6S/c1-25-17-19-29(20-18-25)44(40,41)37(30-15-8-9-16-32(30)43-4)24-33(38)36(23-27-13-10-14-28(21-27)42-3)31(34(39)35-2)22-26-11-6-5-7-12-26/h5-21,31H,22-24H2,1-4H3,(H,35,39)/t31-/m1/s1. The number of nitrogens with one attached hydrogen (secondary N) is 1. The number of hydrogen-bond donors (Lipinski definition) is 1. The highest BCUT2D eigenvalue weighted by molar-refractivity contribution is 7.92. The van der Waals surface area contributed by atoms with Crippen molar-refractivity contribution in [2.24, 2.45) is 0 Å². The molecular weight excluding hydrogens is 578 g/mol. The molecule has 4 aromatic carbocycles. The summed E-state index contributed by atoms with van der Waals surface area (Å²) in [5, 5.41) is 2.68. The Morgan fingerprint density at radius 2 is 1.48 bits per heavy atom. The molecular formula is C34H37N3O6S. The molecule has 0 aromatic heterocycles. The Morgan fingerprint density at radius 1 is 0.818 bits per heavy atom. The average Bonchev–Trinajstić information content (AvgIpc) is 3.05. The van der Waals surface area contributed by atoms with Gasteiger partial charge < -0.3 is 19.7 Å². The van der Waals surface area contributed by atoms with Gasteiger partial charge in [0.2, 0.25) is 11.8 Å². The van der Waals surface area contributed by atoms with Gasteiger partial charge in [0, 0.05) is 20.0 Å². The molecule has 0 saturated carbocycles. The van der Waals surface area contributed by atoms with Crippen LogP contribution in [0.3, 0.4) is 0 Å². The number of amides is 2. The van der Waals surface area contributed by atoms with Crippen molar-refractivity contribution in [3.63, 3.8) is 0 Å². The first kappa shape index (κ1) is 32.1. The number of nitrogens with zero attached hydrogens (tertiary/aromatic N) is 2. The molecule has 0 aliphatic heterocycles. The highest BCUT2D eigenvalue weighted by atomic mass is 32.2. The number of rotatable bonds is 13. The maximum atomic E-state index is 14.4. The van der Waals surface area contributed by atoms with E-state index in [9.17, 15) is 18.0 Å². The van der Waals surface area contributed by atoms with Crippen molar-refractivity contribution in [1.29, 1.82) is 0 Å². The van der Waals surface area contributed by atoms with Gasteiger partial charge in [-0.15, -0.1) is 0 Å². The molecule has 0 heterocycles. The quantitative estimate of drug-likeness (QED) is 0.236. The molecule has 0 radical (unpaired) electrons. The minimum Gasteiger partial charge on any atom is -0.497 e. The average molecular weight is 616 g/mol. The number of likely N-dealkylation sites (N-methyl/N-ethyl adjacent to an activating group) is 1. The van der Waals surface area contributed by atoms with Crippen molar-refractivity contribution in [3.05, 3.63) is 120 Å². The van der Waals surface area contributed by atoms with Crippen LogP contribution in [0.15, 0.2) is 108 Å². The Hall–Kier alpha value is -4.83. The van der Waals surface area contributed by atoms with Gasteiger partial charge in [0.15, 0.2) is 0 Å². The fourth-order valence-electron chi connectivity index (χ4n) is 4.87. The number of carbonyl (C=O) groups is 2. The molecule has 4 aromatic rings. The molecule has 9 nitrogen and oxygen atoms in total. The minimum absolute atomic E-state index is 0.0216. The number of para-hydroxylation sites is 2. The molecule has 1 atom stereocenters. The largest absolute Gasteiger partial charge is 0.497 e. The third-order valence-electron chi connectivity index (χ3n) is 7.25. The Morgan fingerprint density at radius 3 is 2.14 bits per heavy atom. The summed E-state index contributed by atoms with van der Waals surface area (Å²) in [5.74, 6) is -0.0798. The molecule has 2 amide bonds. The van der Waals surface area contributed by atoms with Gasteiger partial charge in [0.25, 0.3) is 10.0 Å². The van der Waals surface area contributed by atoms with Gasteiger partial charge in [-0.3, -0.25) is 13.9 Å². The number of methoxy groups -OCH3 is 2. The molecule has 0 bridgehead atoms. The number of carbonyl (C=O) groups excluding carboxylic acids is 2. The van der Waals surface area contributed by atoms with E-state index in [2.05, 4.69) is 5.32 Å². The Bertz CT molecular complexity index is 1680. The van der Waals surface area contributed by atoms with Gasteiger partial charge in [-0.05, 0) is 54.4 Å². The lowest BCUT2D eigenvalue weighted by Gasteiger charge is -2.34. The van der Waals surface area contributed by atoms with Crippen molar-refractivity contribution >= 4 is 27.5 Å². The zero-order valence-corrected chi connectivity index (χ0v) is 26.1. The van der Waals surface area contributed by atoms with Crippen LogP contribution in [-0.4, -0.2) is 59.0 Å². The number of anilines is 1. The van der Waals surface area contributed by atoms with Crippen molar-refractivity contribution in [2.75, 3.05) is 32.1 Å². The van der Waals surface area contributed by atoms with E-state index in [0.29, 0.717) is 11.3 Å². The molecule has 0 aliphatic rings. The molecule has 10 heteroatoms. The van der Waals surface area contributed by atoms with Crippen LogP contribution in [0.4, 0.5) is 5.69 Å². The summed E-state index contributed by atoms with van der Waals surface area (Å²) in [6.07, 6.45) is 0.218. The van der Waals surface area contributed by atoms with Crippen molar-refractivity contribution < 1.29 is 27.5 Å². The lowest BCUT2D eigenvalue weighted by molar-refractivity contribution is -0.139. The molecule has 4 rings (SSSR count). The first-order chi connectivity index (χ1) is 21.2.